The molecule has 158 valence electrons. The molecular formula is C22H20N4O5. The molecule has 0 atom stereocenters. The van der Waals surface area contributed by atoms with Crippen LogP contribution in [0.2, 0.25) is 0 Å². The van der Waals surface area contributed by atoms with Crippen LogP contribution in [0.3, 0.4) is 0 Å². The van der Waals surface area contributed by atoms with Gasteiger partial charge in [0.15, 0.2) is 5.69 Å². The summed E-state index contributed by atoms with van der Waals surface area (Å²) < 4.78 is 6.83. The Bertz CT molecular complexity index is 1230. The topological polar surface area (TPSA) is 108 Å². The van der Waals surface area contributed by atoms with Gasteiger partial charge >= 0.3 is 5.97 Å². The van der Waals surface area contributed by atoms with E-state index in [1.54, 1.807) is 60.8 Å². The molecule has 0 radical (unpaired) electrons. The number of ether oxygens (including phenoxy) is 1. The molecule has 4 rings (SSSR count). The van der Waals surface area contributed by atoms with Crippen LogP contribution in [-0.2, 0) is 11.3 Å². The lowest BCUT2D eigenvalue weighted by molar-refractivity contribution is -0.384. The summed E-state index contributed by atoms with van der Waals surface area (Å²) in [5.74, 6) is -0.757. The van der Waals surface area contributed by atoms with Gasteiger partial charge in [-0.3, -0.25) is 14.9 Å². The number of benzene rings is 2. The van der Waals surface area contributed by atoms with Crippen molar-refractivity contribution in [3.05, 3.63) is 75.1 Å². The first kappa shape index (κ1) is 20.3. The molecule has 1 aliphatic rings. The summed E-state index contributed by atoms with van der Waals surface area (Å²) >= 11 is 0. The number of esters is 1. The minimum atomic E-state index is -0.595. The van der Waals surface area contributed by atoms with Crippen LogP contribution in [-0.4, -0.2) is 45.1 Å². The lowest BCUT2D eigenvalue weighted by Gasteiger charge is -2.16. The van der Waals surface area contributed by atoms with Crippen LogP contribution in [0.1, 0.15) is 39.0 Å². The molecule has 1 amide bonds. The quantitative estimate of drug-likeness (QED) is 0.363. The SMILES string of the molecule is CCOC(=O)c1nn2c(c1-c1ccc([N+](=O)[O-])cc1C)CN(C)C(=O)c1ccccc1-2. The Morgan fingerprint density at radius 3 is 2.65 bits per heavy atom. The molecule has 0 fully saturated rings. The molecule has 2 heterocycles. The fourth-order valence-corrected chi connectivity index (χ4v) is 3.81. The van der Waals surface area contributed by atoms with Crippen LogP contribution in [0.4, 0.5) is 5.69 Å². The molecule has 2 aromatic carbocycles. The highest BCUT2D eigenvalue weighted by molar-refractivity contribution is 6.00. The van der Waals surface area contributed by atoms with Gasteiger partial charge in [0, 0.05) is 24.7 Å². The van der Waals surface area contributed by atoms with E-state index in [1.165, 1.54) is 12.1 Å². The zero-order valence-corrected chi connectivity index (χ0v) is 17.3. The number of fused-ring (bicyclic) bond motifs is 3. The van der Waals surface area contributed by atoms with E-state index in [-0.39, 0.29) is 30.4 Å². The Hall–Kier alpha value is -4.01. The molecule has 0 spiro atoms. The van der Waals surface area contributed by atoms with E-state index in [4.69, 9.17) is 4.74 Å². The highest BCUT2D eigenvalue weighted by Gasteiger charge is 2.32. The van der Waals surface area contributed by atoms with E-state index in [9.17, 15) is 19.7 Å². The van der Waals surface area contributed by atoms with E-state index in [0.717, 1.165) is 0 Å². The van der Waals surface area contributed by atoms with E-state index in [1.807, 2.05) is 0 Å². The maximum atomic E-state index is 12.9. The first-order chi connectivity index (χ1) is 14.8. The van der Waals surface area contributed by atoms with Crippen molar-refractivity contribution in [3.8, 4) is 16.8 Å². The highest BCUT2D eigenvalue weighted by Crippen LogP contribution is 2.36. The smallest absolute Gasteiger partial charge is 0.359 e. The van der Waals surface area contributed by atoms with Crippen molar-refractivity contribution < 1.29 is 19.2 Å². The van der Waals surface area contributed by atoms with Crippen LogP contribution in [0, 0.1) is 17.0 Å². The van der Waals surface area contributed by atoms with Gasteiger partial charge in [-0.15, -0.1) is 0 Å². The number of nitro groups is 1. The van der Waals surface area contributed by atoms with Gasteiger partial charge in [0.05, 0.1) is 35.0 Å². The molecule has 0 aliphatic carbocycles. The van der Waals surface area contributed by atoms with Crippen molar-refractivity contribution >= 4 is 17.6 Å². The fraction of sp³-hybridized carbons (Fsp3) is 0.227. The van der Waals surface area contributed by atoms with Gasteiger partial charge in [-0.25, -0.2) is 9.48 Å². The van der Waals surface area contributed by atoms with Crippen LogP contribution in [0.5, 0.6) is 0 Å². The summed E-state index contributed by atoms with van der Waals surface area (Å²) in [6.45, 7) is 3.82. The molecule has 0 N–H and O–H groups in total. The van der Waals surface area contributed by atoms with Crippen molar-refractivity contribution in [2.24, 2.45) is 0 Å². The number of non-ortho nitro benzene ring substituents is 1. The maximum Gasteiger partial charge on any atom is 0.359 e. The van der Waals surface area contributed by atoms with E-state index in [0.29, 0.717) is 33.6 Å². The number of nitro benzene ring substituents is 1. The summed E-state index contributed by atoms with van der Waals surface area (Å²) in [5.41, 5.74) is 3.44. The Morgan fingerprint density at radius 1 is 1.23 bits per heavy atom. The van der Waals surface area contributed by atoms with Gasteiger partial charge in [0.25, 0.3) is 11.6 Å². The summed E-state index contributed by atoms with van der Waals surface area (Å²) in [6, 6.07) is 11.5. The standard InChI is InChI=1S/C22H20N4O5/c1-4-31-22(28)20-19(15-10-9-14(26(29)30)11-13(15)2)18-12-24(3)21(27)16-7-5-6-8-17(16)25(18)23-20/h5-11H,4,12H2,1-3H3. The maximum absolute atomic E-state index is 12.9. The molecular weight excluding hydrogens is 400 g/mol. The number of amides is 1. The monoisotopic (exact) mass is 420 g/mol. The average molecular weight is 420 g/mol. The summed E-state index contributed by atoms with van der Waals surface area (Å²) in [4.78, 5) is 37.9. The lowest BCUT2D eigenvalue weighted by Crippen LogP contribution is -2.25. The Morgan fingerprint density at radius 2 is 1.97 bits per heavy atom. The largest absolute Gasteiger partial charge is 0.461 e. The number of carbonyl (C=O) groups is 2. The average Bonchev–Trinajstić information content (AvgIpc) is 3.07. The van der Waals surface area contributed by atoms with Gasteiger partial charge in [-0.1, -0.05) is 12.1 Å². The second-order valence-corrected chi connectivity index (χ2v) is 7.24. The zero-order chi connectivity index (χ0) is 22.3. The van der Waals surface area contributed by atoms with Gasteiger partial charge in [0.1, 0.15) is 0 Å². The van der Waals surface area contributed by atoms with Crippen molar-refractivity contribution in [2.75, 3.05) is 13.7 Å². The third-order valence-electron chi connectivity index (χ3n) is 5.24. The highest BCUT2D eigenvalue weighted by atomic mass is 16.6. The van der Waals surface area contributed by atoms with Crippen LogP contribution in [0.15, 0.2) is 42.5 Å². The fourth-order valence-electron chi connectivity index (χ4n) is 3.81. The first-order valence-corrected chi connectivity index (χ1v) is 9.72. The normalized spacial score (nSPS) is 12.7. The minimum Gasteiger partial charge on any atom is -0.461 e. The predicted octanol–water partition coefficient (Wildman–Crippen LogP) is 3.52. The number of carbonyl (C=O) groups excluding carboxylic acids is 2. The van der Waals surface area contributed by atoms with E-state index < -0.39 is 10.9 Å². The molecule has 31 heavy (non-hydrogen) atoms. The van der Waals surface area contributed by atoms with Crippen molar-refractivity contribution in [1.29, 1.82) is 0 Å². The minimum absolute atomic E-state index is 0.0464. The van der Waals surface area contributed by atoms with Gasteiger partial charge in [-0.05, 0) is 43.2 Å². The molecule has 9 heteroatoms. The van der Waals surface area contributed by atoms with Crippen molar-refractivity contribution in [2.45, 2.75) is 20.4 Å². The number of hydrogen-bond donors (Lipinski definition) is 0. The molecule has 1 aromatic heterocycles. The van der Waals surface area contributed by atoms with Crippen LogP contribution >= 0.6 is 0 Å². The third-order valence-corrected chi connectivity index (χ3v) is 5.24. The Kier molecular flexibility index (Phi) is 5.02. The van der Waals surface area contributed by atoms with Crippen molar-refractivity contribution in [3.63, 3.8) is 0 Å². The van der Waals surface area contributed by atoms with Gasteiger partial charge < -0.3 is 9.64 Å². The van der Waals surface area contributed by atoms with Crippen LogP contribution in [0.25, 0.3) is 16.8 Å². The number of hydrogen-bond acceptors (Lipinski definition) is 6. The Labute approximate surface area is 178 Å². The second-order valence-electron chi connectivity index (χ2n) is 7.24. The first-order valence-electron chi connectivity index (χ1n) is 9.72. The number of aromatic nitrogens is 2. The van der Waals surface area contributed by atoms with Crippen LogP contribution < -0.4 is 0 Å². The van der Waals surface area contributed by atoms with Crippen molar-refractivity contribution in [1.82, 2.24) is 14.7 Å². The molecule has 0 unspecified atom stereocenters. The summed E-state index contributed by atoms with van der Waals surface area (Å²) in [7, 11) is 1.68. The number of aryl methyl sites for hydroxylation is 1. The zero-order valence-electron chi connectivity index (χ0n) is 17.3. The molecule has 9 nitrogen and oxygen atoms in total. The molecule has 3 aromatic rings. The molecule has 0 bridgehead atoms. The molecule has 0 saturated carbocycles. The predicted molar refractivity (Wildman–Crippen MR) is 112 cm³/mol. The van der Waals surface area contributed by atoms with Gasteiger partial charge in [0.2, 0.25) is 0 Å². The Balaban J connectivity index is 2.03. The van der Waals surface area contributed by atoms with E-state index >= 15 is 0 Å². The summed E-state index contributed by atoms with van der Waals surface area (Å²) in [6.07, 6.45) is 0. The number of nitrogens with zero attached hydrogens (tertiary/aromatic N) is 4. The molecule has 1 aliphatic heterocycles. The number of para-hydroxylation sites is 1. The van der Waals surface area contributed by atoms with E-state index in [2.05, 4.69) is 5.10 Å². The third kappa shape index (κ3) is 3.33. The molecule has 0 saturated heterocycles. The lowest BCUT2D eigenvalue weighted by atomic mass is 9.97. The van der Waals surface area contributed by atoms with Gasteiger partial charge in [-0.2, -0.15) is 5.10 Å². The summed E-state index contributed by atoms with van der Waals surface area (Å²) in [5, 5.41) is 15.7. The second kappa shape index (κ2) is 7.67. The number of rotatable bonds is 4.